The van der Waals surface area contributed by atoms with Crippen molar-refractivity contribution >= 4 is 23.2 Å². The van der Waals surface area contributed by atoms with Gasteiger partial charge in [-0.25, -0.2) is 0 Å². The van der Waals surface area contributed by atoms with E-state index in [0.717, 1.165) is 13.1 Å². The number of carbonyl (C=O) groups is 2. The summed E-state index contributed by atoms with van der Waals surface area (Å²) in [6.45, 7) is 5.72. The number of benzene rings is 1. The Balaban J connectivity index is 1.55. The second kappa shape index (κ2) is 7.33. The molecule has 0 aliphatic carbocycles. The molecular weight excluding hydrogens is 370 g/mol. The molecule has 1 aromatic carbocycles. The molecule has 0 bridgehead atoms. The molecule has 6 heteroatoms. The van der Waals surface area contributed by atoms with E-state index in [-0.39, 0.29) is 17.7 Å². The summed E-state index contributed by atoms with van der Waals surface area (Å²) in [5, 5.41) is 0. The highest BCUT2D eigenvalue weighted by Crippen LogP contribution is 2.44. The number of hydrogen-bond acceptors (Lipinski definition) is 4. The molecule has 2 saturated heterocycles. The highest BCUT2D eigenvalue weighted by Gasteiger charge is 2.58. The van der Waals surface area contributed by atoms with Crippen molar-refractivity contribution in [3.8, 4) is 0 Å². The maximum atomic E-state index is 13.2. The van der Waals surface area contributed by atoms with E-state index in [1.807, 2.05) is 60.7 Å². The van der Waals surface area contributed by atoms with Crippen LogP contribution in [0.3, 0.4) is 0 Å². The average molecular weight is 398 g/mol. The van der Waals surface area contributed by atoms with Crippen LogP contribution in [0.15, 0.2) is 42.5 Å². The van der Waals surface area contributed by atoms with Crippen molar-refractivity contribution in [1.82, 2.24) is 14.7 Å². The minimum Gasteiger partial charge on any atom is -0.348 e. The second-order valence-corrected chi connectivity index (χ2v) is 9.66. The molecule has 2 atom stereocenters. The molecule has 3 heterocycles. The van der Waals surface area contributed by atoms with Crippen LogP contribution in [0.1, 0.15) is 20.1 Å². The highest BCUT2D eigenvalue weighted by atomic mass is 32.1. The first-order chi connectivity index (χ1) is 13.4. The Morgan fingerprint density at radius 3 is 2.50 bits per heavy atom. The van der Waals surface area contributed by atoms with Crippen LogP contribution in [0.2, 0.25) is 0 Å². The Kier molecular flexibility index (Phi) is 5.02. The van der Waals surface area contributed by atoms with Crippen molar-refractivity contribution in [2.24, 2.45) is 11.3 Å². The Bertz CT molecular complexity index is 879. The lowest BCUT2D eigenvalue weighted by Crippen LogP contribution is -2.47. The SMILES string of the molecule is Cc1ccc(CN2C[C@@H]3CN(C(=O)c4ccccc4)C[C@]3(C(=O)N(C)C)C2)s1. The minimum atomic E-state index is -0.500. The molecule has 28 heavy (non-hydrogen) atoms. The van der Waals surface area contributed by atoms with Gasteiger partial charge in [-0.3, -0.25) is 14.5 Å². The first kappa shape index (κ1) is 19.2. The molecule has 0 N–H and O–H groups in total. The number of fused-ring (bicyclic) bond motifs is 1. The number of likely N-dealkylation sites (tertiary alicyclic amines) is 2. The van der Waals surface area contributed by atoms with Crippen LogP contribution in [0.25, 0.3) is 0 Å². The Labute approximate surface area is 170 Å². The van der Waals surface area contributed by atoms with E-state index in [0.29, 0.717) is 25.2 Å². The van der Waals surface area contributed by atoms with Gasteiger partial charge in [-0.05, 0) is 31.2 Å². The van der Waals surface area contributed by atoms with Crippen LogP contribution < -0.4 is 0 Å². The molecule has 0 unspecified atom stereocenters. The molecule has 2 fully saturated rings. The third kappa shape index (κ3) is 3.35. The predicted octanol–water partition coefficient (Wildman–Crippen LogP) is 2.72. The molecule has 0 spiro atoms. The third-order valence-electron chi connectivity index (χ3n) is 6.00. The van der Waals surface area contributed by atoms with Gasteiger partial charge in [-0.15, -0.1) is 11.3 Å². The number of rotatable bonds is 4. The van der Waals surface area contributed by atoms with Crippen LogP contribution in [0.4, 0.5) is 0 Å². The summed E-state index contributed by atoms with van der Waals surface area (Å²) in [6.07, 6.45) is 0. The summed E-state index contributed by atoms with van der Waals surface area (Å²) in [5.41, 5.74) is 0.195. The van der Waals surface area contributed by atoms with E-state index in [4.69, 9.17) is 0 Å². The molecule has 2 aliphatic heterocycles. The Hall–Kier alpha value is -2.18. The standard InChI is InChI=1S/C22H27N3O2S/c1-16-9-10-19(28-16)13-24-11-18-12-25(20(26)17-7-5-4-6-8-17)15-22(18,14-24)21(27)23(2)3/h4-10,18H,11-15H2,1-3H3/t18-,22-/m1/s1. The Morgan fingerprint density at radius 2 is 1.86 bits per heavy atom. The number of aryl methyl sites for hydroxylation is 1. The summed E-state index contributed by atoms with van der Waals surface area (Å²) in [5.74, 6) is 0.350. The molecule has 2 aliphatic rings. The summed E-state index contributed by atoms with van der Waals surface area (Å²) in [6, 6.07) is 13.7. The van der Waals surface area contributed by atoms with Gasteiger partial charge in [0.1, 0.15) is 0 Å². The highest BCUT2D eigenvalue weighted by molar-refractivity contribution is 7.11. The molecule has 0 saturated carbocycles. The van der Waals surface area contributed by atoms with Crippen molar-refractivity contribution in [2.45, 2.75) is 13.5 Å². The first-order valence-electron chi connectivity index (χ1n) is 9.73. The van der Waals surface area contributed by atoms with E-state index < -0.39 is 5.41 Å². The van der Waals surface area contributed by atoms with Gasteiger partial charge >= 0.3 is 0 Å². The summed E-state index contributed by atoms with van der Waals surface area (Å²) in [4.78, 5) is 34.8. The van der Waals surface area contributed by atoms with Crippen molar-refractivity contribution in [1.29, 1.82) is 0 Å². The lowest BCUT2D eigenvalue weighted by molar-refractivity contribution is -0.139. The number of carbonyl (C=O) groups excluding carboxylic acids is 2. The third-order valence-corrected chi connectivity index (χ3v) is 6.98. The molecular formula is C22H27N3O2S. The fourth-order valence-corrected chi connectivity index (χ4v) is 5.68. The lowest BCUT2D eigenvalue weighted by atomic mass is 9.80. The van der Waals surface area contributed by atoms with E-state index in [1.54, 1.807) is 4.90 Å². The predicted molar refractivity (Wildman–Crippen MR) is 111 cm³/mol. The quantitative estimate of drug-likeness (QED) is 0.797. The largest absolute Gasteiger partial charge is 0.348 e. The fourth-order valence-electron chi connectivity index (χ4n) is 4.75. The van der Waals surface area contributed by atoms with E-state index >= 15 is 0 Å². The van der Waals surface area contributed by atoms with Crippen LogP contribution in [-0.2, 0) is 11.3 Å². The van der Waals surface area contributed by atoms with Gasteiger partial charge in [0, 0.05) is 68.1 Å². The van der Waals surface area contributed by atoms with Crippen LogP contribution >= 0.6 is 11.3 Å². The number of nitrogens with zero attached hydrogens (tertiary/aromatic N) is 3. The van der Waals surface area contributed by atoms with Gasteiger partial charge in [0.25, 0.3) is 5.91 Å². The van der Waals surface area contributed by atoms with E-state index in [1.165, 1.54) is 9.75 Å². The number of hydrogen-bond donors (Lipinski definition) is 0. The molecule has 0 radical (unpaired) electrons. The first-order valence-corrected chi connectivity index (χ1v) is 10.5. The topological polar surface area (TPSA) is 43.9 Å². The van der Waals surface area contributed by atoms with Gasteiger partial charge in [-0.1, -0.05) is 18.2 Å². The van der Waals surface area contributed by atoms with Crippen molar-refractivity contribution in [3.63, 3.8) is 0 Å². The fraction of sp³-hybridized carbons (Fsp3) is 0.455. The molecule has 1 aromatic heterocycles. The lowest BCUT2D eigenvalue weighted by Gasteiger charge is -2.31. The van der Waals surface area contributed by atoms with Gasteiger partial charge in [-0.2, -0.15) is 0 Å². The summed E-state index contributed by atoms with van der Waals surface area (Å²) in [7, 11) is 3.64. The molecule has 2 aromatic rings. The average Bonchev–Trinajstić information content (AvgIpc) is 3.34. The van der Waals surface area contributed by atoms with Crippen molar-refractivity contribution < 1.29 is 9.59 Å². The number of amides is 2. The Morgan fingerprint density at radius 1 is 1.11 bits per heavy atom. The van der Waals surface area contributed by atoms with Crippen molar-refractivity contribution in [3.05, 3.63) is 57.8 Å². The molecule has 2 amide bonds. The van der Waals surface area contributed by atoms with Crippen LogP contribution in [0.5, 0.6) is 0 Å². The monoisotopic (exact) mass is 397 g/mol. The maximum Gasteiger partial charge on any atom is 0.253 e. The summed E-state index contributed by atoms with van der Waals surface area (Å²) >= 11 is 1.82. The molecule has 5 nitrogen and oxygen atoms in total. The van der Waals surface area contributed by atoms with Gasteiger partial charge < -0.3 is 9.80 Å². The normalized spacial score (nSPS) is 24.4. The van der Waals surface area contributed by atoms with Gasteiger partial charge in [0.2, 0.25) is 5.91 Å². The van der Waals surface area contributed by atoms with Crippen LogP contribution in [0, 0.1) is 18.3 Å². The zero-order chi connectivity index (χ0) is 19.9. The van der Waals surface area contributed by atoms with Gasteiger partial charge in [0.05, 0.1) is 5.41 Å². The van der Waals surface area contributed by atoms with Crippen molar-refractivity contribution in [2.75, 3.05) is 40.3 Å². The van der Waals surface area contributed by atoms with E-state index in [2.05, 4.69) is 24.0 Å². The zero-order valence-corrected chi connectivity index (χ0v) is 17.5. The summed E-state index contributed by atoms with van der Waals surface area (Å²) < 4.78 is 0. The minimum absolute atomic E-state index is 0.0290. The van der Waals surface area contributed by atoms with Gasteiger partial charge in [0.15, 0.2) is 0 Å². The smallest absolute Gasteiger partial charge is 0.253 e. The zero-order valence-electron chi connectivity index (χ0n) is 16.7. The molecule has 4 rings (SSSR count). The second-order valence-electron chi connectivity index (χ2n) is 8.29. The number of thiophene rings is 1. The van der Waals surface area contributed by atoms with Crippen LogP contribution in [-0.4, -0.2) is 66.8 Å². The maximum absolute atomic E-state index is 13.2. The van der Waals surface area contributed by atoms with E-state index in [9.17, 15) is 9.59 Å². The molecule has 148 valence electrons.